The summed E-state index contributed by atoms with van der Waals surface area (Å²) in [6.45, 7) is 1.82. The van der Waals surface area contributed by atoms with E-state index in [2.05, 4.69) is 15.9 Å². The van der Waals surface area contributed by atoms with Crippen LogP contribution in [0.2, 0.25) is 0 Å². The van der Waals surface area contributed by atoms with Crippen LogP contribution in [0.5, 0.6) is 5.75 Å². The Morgan fingerprint density at radius 3 is 2.83 bits per heavy atom. The highest BCUT2D eigenvalue weighted by Crippen LogP contribution is 2.20. The minimum atomic E-state index is -0.995. The van der Waals surface area contributed by atoms with Crippen LogP contribution in [0.3, 0.4) is 0 Å². The number of benzene rings is 1. The Morgan fingerprint density at radius 1 is 1.44 bits per heavy atom. The maximum atomic E-state index is 10.8. The van der Waals surface area contributed by atoms with Crippen molar-refractivity contribution in [2.24, 2.45) is 0 Å². The van der Waals surface area contributed by atoms with E-state index in [-0.39, 0.29) is 12.2 Å². The minimum Gasteiger partial charge on any atom is -0.486 e. The summed E-state index contributed by atoms with van der Waals surface area (Å²) in [7, 11) is 0. The maximum absolute atomic E-state index is 10.8. The van der Waals surface area contributed by atoms with Gasteiger partial charge in [0.1, 0.15) is 29.4 Å². The zero-order chi connectivity index (χ0) is 13.1. The minimum absolute atomic E-state index is 0.169. The summed E-state index contributed by atoms with van der Waals surface area (Å²) < 4.78 is 11.7. The largest absolute Gasteiger partial charge is 0.486 e. The van der Waals surface area contributed by atoms with Gasteiger partial charge in [-0.15, -0.1) is 0 Å². The maximum Gasteiger partial charge on any atom is 0.339 e. The third-order valence-electron chi connectivity index (χ3n) is 2.38. The molecule has 0 saturated heterocycles. The molecule has 0 aliphatic heterocycles. The molecule has 0 aliphatic rings. The molecule has 94 valence electrons. The van der Waals surface area contributed by atoms with Crippen molar-refractivity contribution >= 4 is 21.9 Å². The number of halogens is 1. The van der Waals surface area contributed by atoms with E-state index >= 15 is 0 Å². The van der Waals surface area contributed by atoms with Gasteiger partial charge in [-0.2, -0.15) is 0 Å². The van der Waals surface area contributed by atoms with Gasteiger partial charge in [-0.1, -0.05) is 22.0 Å². The molecule has 0 aliphatic carbocycles. The highest BCUT2D eigenvalue weighted by Gasteiger charge is 2.13. The SMILES string of the molecule is Cc1oc(COc2cccc(Br)c2)cc1C(=O)O. The zero-order valence-electron chi connectivity index (χ0n) is 9.64. The summed E-state index contributed by atoms with van der Waals surface area (Å²) >= 11 is 3.34. The van der Waals surface area contributed by atoms with E-state index in [1.54, 1.807) is 6.92 Å². The second kappa shape index (κ2) is 5.27. The number of carboxylic acids is 1. The molecule has 18 heavy (non-hydrogen) atoms. The van der Waals surface area contributed by atoms with Crippen molar-refractivity contribution in [2.75, 3.05) is 0 Å². The molecular weight excluding hydrogens is 300 g/mol. The van der Waals surface area contributed by atoms with Gasteiger partial charge in [-0.3, -0.25) is 0 Å². The predicted molar refractivity (Wildman–Crippen MR) is 68.9 cm³/mol. The molecule has 0 unspecified atom stereocenters. The quantitative estimate of drug-likeness (QED) is 0.936. The van der Waals surface area contributed by atoms with Crippen molar-refractivity contribution in [1.29, 1.82) is 0 Å². The number of aromatic carboxylic acids is 1. The van der Waals surface area contributed by atoms with Gasteiger partial charge in [-0.25, -0.2) is 4.79 Å². The molecule has 0 fully saturated rings. The lowest BCUT2D eigenvalue weighted by Gasteiger charge is -2.03. The Morgan fingerprint density at radius 2 is 2.22 bits per heavy atom. The van der Waals surface area contributed by atoms with Crippen molar-refractivity contribution in [1.82, 2.24) is 0 Å². The fraction of sp³-hybridized carbons (Fsp3) is 0.154. The number of carbonyl (C=O) groups is 1. The van der Waals surface area contributed by atoms with Crippen LogP contribution in [0.4, 0.5) is 0 Å². The number of aryl methyl sites for hydroxylation is 1. The molecule has 0 saturated carbocycles. The van der Waals surface area contributed by atoms with Crippen molar-refractivity contribution in [2.45, 2.75) is 13.5 Å². The molecule has 0 radical (unpaired) electrons. The third kappa shape index (κ3) is 2.92. The molecule has 2 aromatic rings. The van der Waals surface area contributed by atoms with E-state index in [1.807, 2.05) is 24.3 Å². The highest BCUT2D eigenvalue weighted by molar-refractivity contribution is 9.10. The average molecular weight is 311 g/mol. The lowest BCUT2D eigenvalue weighted by molar-refractivity contribution is 0.0695. The van der Waals surface area contributed by atoms with Gasteiger partial charge in [0.15, 0.2) is 0 Å². The van der Waals surface area contributed by atoms with Crippen LogP contribution in [0.1, 0.15) is 21.9 Å². The van der Waals surface area contributed by atoms with E-state index in [1.165, 1.54) is 6.07 Å². The smallest absolute Gasteiger partial charge is 0.339 e. The first-order valence-corrected chi connectivity index (χ1v) is 6.06. The fourth-order valence-corrected chi connectivity index (χ4v) is 1.92. The van der Waals surface area contributed by atoms with Gasteiger partial charge in [0, 0.05) is 4.47 Å². The van der Waals surface area contributed by atoms with Gasteiger partial charge >= 0.3 is 5.97 Å². The topological polar surface area (TPSA) is 59.7 Å². The number of carboxylic acid groups (broad SMARTS) is 1. The number of ether oxygens (including phenoxy) is 1. The molecular formula is C13H11BrO4. The van der Waals surface area contributed by atoms with Crippen molar-refractivity contribution in [3.63, 3.8) is 0 Å². The van der Waals surface area contributed by atoms with Crippen molar-refractivity contribution < 1.29 is 19.1 Å². The van der Waals surface area contributed by atoms with Crippen LogP contribution < -0.4 is 4.74 Å². The Hall–Kier alpha value is -1.75. The molecule has 1 aromatic carbocycles. The van der Waals surface area contributed by atoms with Crippen LogP contribution in [-0.4, -0.2) is 11.1 Å². The van der Waals surface area contributed by atoms with Gasteiger partial charge in [-0.05, 0) is 31.2 Å². The van der Waals surface area contributed by atoms with Gasteiger partial charge in [0.25, 0.3) is 0 Å². The summed E-state index contributed by atoms with van der Waals surface area (Å²) in [6, 6.07) is 8.88. The number of hydrogen-bond acceptors (Lipinski definition) is 3. The predicted octanol–water partition coefficient (Wildman–Crippen LogP) is 3.63. The lowest BCUT2D eigenvalue weighted by atomic mass is 10.2. The summed E-state index contributed by atoms with van der Waals surface area (Å²) in [6.07, 6.45) is 0. The summed E-state index contributed by atoms with van der Waals surface area (Å²) in [5.74, 6) is 0.570. The first kappa shape index (κ1) is 12.7. The lowest BCUT2D eigenvalue weighted by Crippen LogP contribution is -1.96. The van der Waals surface area contributed by atoms with Crippen LogP contribution in [0.25, 0.3) is 0 Å². The van der Waals surface area contributed by atoms with E-state index in [4.69, 9.17) is 14.3 Å². The molecule has 5 heteroatoms. The normalized spacial score (nSPS) is 10.3. The van der Waals surface area contributed by atoms with Gasteiger partial charge in [0.05, 0.1) is 0 Å². The Bertz CT molecular complexity index is 574. The van der Waals surface area contributed by atoms with Crippen LogP contribution in [0.15, 0.2) is 39.2 Å². The number of hydrogen-bond donors (Lipinski definition) is 1. The number of furan rings is 1. The van der Waals surface area contributed by atoms with Crippen molar-refractivity contribution in [3.8, 4) is 5.75 Å². The Kier molecular flexibility index (Phi) is 3.72. The molecule has 1 aromatic heterocycles. The van der Waals surface area contributed by atoms with E-state index in [9.17, 15) is 4.79 Å². The van der Waals surface area contributed by atoms with Gasteiger partial charge < -0.3 is 14.3 Å². The molecule has 1 N–H and O–H groups in total. The van der Waals surface area contributed by atoms with Crippen LogP contribution in [0, 0.1) is 6.92 Å². The average Bonchev–Trinajstić information content (AvgIpc) is 2.68. The standard InChI is InChI=1S/C13H11BrO4/c1-8-12(13(15)16)6-11(18-8)7-17-10-4-2-3-9(14)5-10/h2-6H,7H2,1H3,(H,15,16). The molecule has 0 atom stereocenters. The fourth-order valence-electron chi connectivity index (χ4n) is 1.54. The highest BCUT2D eigenvalue weighted by atomic mass is 79.9. The summed E-state index contributed by atoms with van der Waals surface area (Å²) in [5, 5.41) is 8.89. The van der Waals surface area contributed by atoms with Crippen molar-refractivity contribution in [3.05, 3.63) is 51.9 Å². The first-order valence-electron chi connectivity index (χ1n) is 5.27. The Labute approximate surface area is 112 Å². The molecule has 0 amide bonds. The van der Waals surface area contributed by atoms with E-state index in [0.29, 0.717) is 17.3 Å². The second-order valence-electron chi connectivity index (χ2n) is 3.73. The summed E-state index contributed by atoms with van der Waals surface area (Å²) in [4.78, 5) is 10.8. The summed E-state index contributed by atoms with van der Waals surface area (Å²) in [5.41, 5.74) is 0.169. The van der Waals surface area contributed by atoms with Crippen LogP contribution in [-0.2, 0) is 6.61 Å². The monoisotopic (exact) mass is 310 g/mol. The molecule has 1 heterocycles. The molecule has 2 rings (SSSR count). The first-order chi connectivity index (χ1) is 8.56. The second-order valence-corrected chi connectivity index (χ2v) is 4.65. The molecule has 0 bridgehead atoms. The number of rotatable bonds is 4. The van der Waals surface area contributed by atoms with Crippen LogP contribution >= 0.6 is 15.9 Å². The molecule has 4 nitrogen and oxygen atoms in total. The molecule has 0 spiro atoms. The van der Waals surface area contributed by atoms with E-state index in [0.717, 1.165) is 4.47 Å². The van der Waals surface area contributed by atoms with E-state index < -0.39 is 5.97 Å². The van der Waals surface area contributed by atoms with Gasteiger partial charge in [0.2, 0.25) is 0 Å². The third-order valence-corrected chi connectivity index (χ3v) is 2.87. The Balaban J connectivity index is 2.06. The zero-order valence-corrected chi connectivity index (χ0v) is 11.2.